The highest BCUT2D eigenvalue weighted by atomic mass is 16.5. The van der Waals surface area contributed by atoms with Gasteiger partial charge in [-0.25, -0.2) is 0 Å². The summed E-state index contributed by atoms with van der Waals surface area (Å²) in [5.41, 5.74) is 1.11. The Morgan fingerprint density at radius 3 is 2.43 bits per heavy atom. The van der Waals surface area contributed by atoms with Crippen LogP contribution in [0.3, 0.4) is 0 Å². The van der Waals surface area contributed by atoms with Gasteiger partial charge in [-0.3, -0.25) is 9.59 Å². The number of carbonyl (C=O) groups excluding carboxylic acids is 2. The predicted molar refractivity (Wildman–Crippen MR) is 109 cm³/mol. The van der Waals surface area contributed by atoms with Crippen LogP contribution in [-0.2, 0) is 9.53 Å². The third-order valence-electron chi connectivity index (χ3n) is 4.11. The zero-order valence-corrected chi connectivity index (χ0v) is 15.6. The molecule has 0 radical (unpaired) electrons. The average molecular weight is 378 g/mol. The number of carbonyl (C=O) groups is 2. The zero-order chi connectivity index (χ0) is 19.8. The van der Waals surface area contributed by atoms with Crippen LogP contribution in [0.2, 0.25) is 0 Å². The second-order valence-electron chi connectivity index (χ2n) is 6.17. The molecule has 2 N–H and O–H groups in total. The summed E-state index contributed by atoms with van der Waals surface area (Å²) in [4.78, 5) is 24.0. The standard InChI is InChI=1S/C22H22N2O4/c1-27-13-12-23-22(26)17-6-9-19(10-7-17)24-21(25)15-28-20-11-8-16-4-2-3-5-18(16)14-20/h2-11,14H,12-13,15H2,1H3,(H,23,26)(H,24,25). The SMILES string of the molecule is COCCNC(=O)c1ccc(NC(=O)COc2ccc3ccccc3c2)cc1. The van der Waals surface area contributed by atoms with Crippen molar-refractivity contribution >= 4 is 28.3 Å². The molecule has 28 heavy (non-hydrogen) atoms. The molecule has 2 amide bonds. The van der Waals surface area contributed by atoms with Gasteiger partial charge in [0.25, 0.3) is 11.8 Å². The molecule has 0 spiro atoms. The van der Waals surface area contributed by atoms with Gasteiger partial charge in [0.05, 0.1) is 6.61 Å². The van der Waals surface area contributed by atoms with E-state index >= 15 is 0 Å². The first-order valence-corrected chi connectivity index (χ1v) is 8.94. The molecule has 0 aromatic heterocycles. The quantitative estimate of drug-likeness (QED) is 0.590. The van der Waals surface area contributed by atoms with Gasteiger partial charge in [0.2, 0.25) is 0 Å². The van der Waals surface area contributed by atoms with Crippen molar-refractivity contribution in [3.05, 3.63) is 72.3 Å². The first-order chi connectivity index (χ1) is 13.7. The Hall–Kier alpha value is -3.38. The highest BCUT2D eigenvalue weighted by Crippen LogP contribution is 2.20. The van der Waals surface area contributed by atoms with Crippen LogP contribution in [0.25, 0.3) is 10.8 Å². The highest BCUT2D eigenvalue weighted by molar-refractivity contribution is 5.96. The van der Waals surface area contributed by atoms with E-state index in [0.717, 1.165) is 10.8 Å². The maximum absolute atomic E-state index is 12.1. The predicted octanol–water partition coefficient (Wildman–Crippen LogP) is 3.23. The summed E-state index contributed by atoms with van der Waals surface area (Å²) < 4.78 is 10.5. The molecule has 0 unspecified atom stereocenters. The van der Waals surface area contributed by atoms with Gasteiger partial charge in [-0.1, -0.05) is 30.3 Å². The molecule has 0 heterocycles. The van der Waals surface area contributed by atoms with E-state index in [2.05, 4.69) is 10.6 Å². The van der Waals surface area contributed by atoms with Crippen LogP contribution in [0.4, 0.5) is 5.69 Å². The maximum Gasteiger partial charge on any atom is 0.262 e. The Labute approximate surface area is 163 Å². The van der Waals surface area contributed by atoms with Crippen LogP contribution in [0.5, 0.6) is 5.75 Å². The van der Waals surface area contributed by atoms with Crippen LogP contribution < -0.4 is 15.4 Å². The molecular weight excluding hydrogens is 356 g/mol. The molecular formula is C22H22N2O4. The van der Waals surface area contributed by atoms with E-state index in [9.17, 15) is 9.59 Å². The molecule has 0 bridgehead atoms. The molecule has 0 fully saturated rings. The van der Waals surface area contributed by atoms with Crippen molar-refractivity contribution in [1.29, 1.82) is 0 Å². The minimum atomic E-state index is -0.273. The van der Waals surface area contributed by atoms with Crippen molar-refractivity contribution in [2.75, 3.05) is 32.2 Å². The second-order valence-corrected chi connectivity index (χ2v) is 6.17. The van der Waals surface area contributed by atoms with Crippen molar-refractivity contribution in [2.24, 2.45) is 0 Å². The Balaban J connectivity index is 1.50. The Bertz CT molecular complexity index is 954. The zero-order valence-electron chi connectivity index (χ0n) is 15.6. The topological polar surface area (TPSA) is 76.7 Å². The molecule has 3 aromatic carbocycles. The normalized spacial score (nSPS) is 10.5. The molecule has 3 rings (SSSR count). The van der Waals surface area contributed by atoms with Gasteiger partial charge in [-0.15, -0.1) is 0 Å². The fraction of sp³-hybridized carbons (Fsp3) is 0.182. The molecule has 6 nitrogen and oxygen atoms in total. The van der Waals surface area contributed by atoms with Crippen molar-refractivity contribution in [3.63, 3.8) is 0 Å². The number of anilines is 1. The number of methoxy groups -OCH3 is 1. The number of amides is 2. The lowest BCUT2D eigenvalue weighted by Gasteiger charge is -2.09. The largest absolute Gasteiger partial charge is 0.484 e. The first kappa shape index (κ1) is 19.4. The molecule has 0 atom stereocenters. The summed E-state index contributed by atoms with van der Waals surface area (Å²) in [6.07, 6.45) is 0. The smallest absolute Gasteiger partial charge is 0.262 e. The summed E-state index contributed by atoms with van der Waals surface area (Å²) in [6, 6.07) is 20.3. The van der Waals surface area contributed by atoms with E-state index in [0.29, 0.717) is 30.2 Å². The fourth-order valence-corrected chi connectivity index (χ4v) is 2.68. The molecule has 0 aliphatic carbocycles. The first-order valence-electron chi connectivity index (χ1n) is 8.94. The van der Waals surface area contributed by atoms with Gasteiger partial charge in [-0.05, 0) is 47.2 Å². The number of rotatable bonds is 8. The minimum Gasteiger partial charge on any atom is -0.484 e. The van der Waals surface area contributed by atoms with Crippen molar-refractivity contribution in [2.45, 2.75) is 0 Å². The molecule has 0 aliphatic rings. The molecule has 0 saturated heterocycles. The van der Waals surface area contributed by atoms with Crippen molar-refractivity contribution in [3.8, 4) is 5.75 Å². The maximum atomic E-state index is 12.1. The monoisotopic (exact) mass is 378 g/mol. The van der Waals surface area contributed by atoms with Crippen LogP contribution in [0, 0.1) is 0 Å². The van der Waals surface area contributed by atoms with Crippen LogP contribution >= 0.6 is 0 Å². The van der Waals surface area contributed by atoms with E-state index < -0.39 is 0 Å². The van der Waals surface area contributed by atoms with Crippen molar-refractivity contribution < 1.29 is 19.1 Å². The van der Waals surface area contributed by atoms with Crippen LogP contribution in [0.15, 0.2) is 66.7 Å². The van der Waals surface area contributed by atoms with Gasteiger partial charge in [-0.2, -0.15) is 0 Å². The third kappa shape index (κ3) is 5.31. The fourth-order valence-electron chi connectivity index (χ4n) is 2.68. The Kier molecular flexibility index (Phi) is 6.59. The van der Waals surface area contributed by atoms with Crippen LogP contribution in [0.1, 0.15) is 10.4 Å². The molecule has 144 valence electrons. The summed E-state index contributed by atoms with van der Waals surface area (Å²) in [6.45, 7) is 0.800. The third-order valence-corrected chi connectivity index (χ3v) is 4.11. The van der Waals surface area contributed by atoms with Crippen LogP contribution in [-0.4, -0.2) is 38.7 Å². The minimum absolute atomic E-state index is 0.0996. The summed E-state index contributed by atoms with van der Waals surface area (Å²) in [5.74, 6) is 0.178. The van der Waals surface area contributed by atoms with Gasteiger partial charge in [0.1, 0.15) is 5.75 Å². The number of hydrogen-bond acceptors (Lipinski definition) is 4. The van der Waals surface area contributed by atoms with E-state index in [1.54, 1.807) is 31.4 Å². The van der Waals surface area contributed by atoms with E-state index in [-0.39, 0.29) is 18.4 Å². The number of benzene rings is 3. The lowest BCUT2D eigenvalue weighted by atomic mass is 10.1. The number of ether oxygens (including phenoxy) is 2. The molecule has 0 saturated carbocycles. The van der Waals surface area contributed by atoms with Gasteiger partial charge in [0.15, 0.2) is 6.61 Å². The summed E-state index contributed by atoms with van der Waals surface area (Å²) in [7, 11) is 1.58. The van der Waals surface area contributed by atoms with Gasteiger partial charge in [0, 0.05) is 24.9 Å². The molecule has 3 aromatic rings. The van der Waals surface area contributed by atoms with E-state index in [1.807, 2.05) is 42.5 Å². The van der Waals surface area contributed by atoms with Crippen molar-refractivity contribution in [1.82, 2.24) is 5.32 Å². The number of hydrogen-bond donors (Lipinski definition) is 2. The molecule has 6 heteroatoms. The van der Waals surface area contributed by atoms with Gasteiger partial charge < -0.3 is 20.1 Å². The Morgan fingerprint density at radius 1 is 0.929 bits per heavy atom. The lowest BCUT2D eigenvalue weighted by Crippen LogP contribution is -2.26. The summed E-state index contributed by atoms with van der Waals surface area (Å²) in [5, 5.41) is 7.66. The highest BCUT2D eigenvalue weighted by Gasteiger charge is 2.07. The molecule has 0 aliphatic heterocycles. The van der Waals surface area contributed by atoms with Gasteiger partial charge >= 0.3 is 0 Å². The number of fused-ring (bicyclic) bond motifs is 1. The lowest BCUT2D eigenvalue weighted by molar-refractivity contribution is -0.118. The summed E-state index contributed by atoms with van der Waals surface area (Å²) >= 11 is 0. The Morgan fingerprint density at radius 2 is 1.68 bits per heavy atom. The van der Waals surface area contributed by atoms with E-state index in [4.69, 9.17) is 9.47 Å². The second kappa shape index (κ2) is 9.53. The number of nitrogens with one attached hydrogen (secondary N) is 2. The average Bonchev–Trinajstić information content (AvgIpc) is 2.73. The van der Waals surface area contributed by atoms with E-state index in [1.165, 1.54) is 0 Å².